The van der Waals surface area contributed by atoms with Gasteiger partial charge < -0.3 is 14.3 Å². The summed E-state index contributed by atoms with van der Waals surface area (Å²) in [4.78, 5) is 23.5. The van der Waals surface area contributed by atoms with Gasteiger partial charge in [-0.05, 0) is 6.07 Å². The zero-order valence-electron chi connectivity index (χ0n) is 14.9. The van der Waals surface area contributed by atoms with Gasteiger partial charge in [0.25, 0.3) is 6.01 Å². The van der Waals surface area contributed by atoms with Crippen molar-refractivity contribution in [1.29, 1.82) is 0 Å². The first-order valence-electron chi connectivity index (χ1n) is 8.16. The number of methoxy groups -OCH3 is 1. The monoisotopic (exact) mass is 339 g/mol. The lowest BCUT2D eigenvalue weighted by atomic mass is 10.0. The molecule has 120 valence electrons. The molecule has 0 spiro atoms. The van der Waals surface area contributed by atoms with Crippen LogP contribution in [0.1, 0.15) is 27.1 Å². The lowest BCUT2D eigenvalue weighted by Gasteiger charge is -2.02. The molecule has 0 saturated carbocycles. The molecular weight excluding hydrogens is 323 g/mol. The van der Waals surface area contributed by atoms with E-state index in [-0.39, 0.29) is 28.9 Å². The highest BCUT2D eigenvalue weighted by Crippen LogP contribution is 2.39. The summed E-state index contributed by atoms with van der Waals surface area (Å²) >= 11 is 1.05. The maximum absolute atomic E-state index is 13.6. The van der Waals surface area contributed by atoms with Crippen molar-refractivity contribution in [2.24, 2.45) is 5.92 Å². The number of furan rings is 1. The Morgan fingerprint density at radius 1 is 1.43 bits per heavy atom. The zero-order valence-corrected chi connectivity index (χ0v) is 12.7. The van der Waals surface area contributed by atoms with Gasteiger partial charge in [-0.2, -0.15) is 4.39 Å². The third-order valence-electron chi connectivity index (χ3n) is 3.54. The number of carbonyl (C=O) groups excluding carboxylic acids is 1. The van der Waals surface area contributed by atoms with Gasteiger partial charge >= 0.3 is 5.97 Å². The number of aliphatic carboxylic acids is 1. The lowest BCUT2D eigenvalue weighted by Crippen LogP contribution is -2.13. The summed E-state index contributed by atoms with van der Waals surface area (Å²) in [5.41, 5.74) is -0.0678. The summed E-state index contributed by atoms with van der Waals surface area (Å²) in [6, 6.07) is 3.06. The molecule has 2 heterocycles. The van der Waals surface area contributed by atoms with Crippen LogP contribution in [-0.2, 0) is 4.79 Å². The van der Waals surface area contributed by atoms with Gasteiger partial charge in [0.2, 0.25) is 0 Å². The molecule has 1 unspecified atom stereocenters. The molecule has 5 nitrogen and oxygen atoms in total. The minimum Gasteiger partial charge on any atom is -0.493 e. The number of carboxylic acids is 1. The molecule has 7 heteroatoms. The quantitative estimate of drug-likeness (QED) is 0.709. The second-order valence-corrected chi connectivity index (χ2v) is 6.24. The van der Waals surface area contributed by atoms with E-state index in [1.54, 1.807) is 0 Å². The molecule has 1 N–H and O–H groups in total. The molecular formula is C16H13FO5S. The summed E-state index contributed by atoms with van der Waals surface area (Å²) in [5, 5.41) is 9.71. The number of halogens is 1. The van der Waals surface area contributed by atoms with Crippen molar-refractivity contribution >= 4 is 44.1 Å². The SMILES string of the molecule is [2H]C([2H])([2H])Oc1cc2sc(C(=O)CC(C)C(=O)O)cc2c2cc(F)oc12. The molecule has 0 saturated heterocycles. The zero-order chi connectivity index (χ0) is 19.2. The molecule has 3 rings (SSSR count). The van der Waals surface area contributed by atoms with Crippen molar-refractivity contribution in [2.45, 2.75) is 13.3 Å². The van der Waals surface area contributed by atoms with E-state index >= 15 is 0 Å². The van der Waals surface area contributed by atoms with Gasteiger partial charge in [0.1, 0.15) is 0 Å². The van der Waals surface area contributed by atoms with Crippen molar-refractivity contribution < 1.29 is 32.4 Å². The number of carboxylic acid groups (broad SMARTS) is 1. The van der Waals surface area contributed by atoms with Crippen LogP contribution in [-0.4, -0.2) is 23.9 Å². The number of fused-ring (bicyclic) bond motifs is 3. The second kappa shape index (κ2) is 5.66. The Morgan fingerprint density at radius 2 is 2.22 bits per heavy atom. The van der Waals surface area contributed by atoms with Crippen LogP contribution < -0.4 is 4.74 Å². The topological polar surface area (TPSA) is 76.7 Å². The Bertz CT molecular complexity index is 1020. The Balaban J connectivity index is 2.10. The number of ketones is 1. The standard InChI is InChI=1S/C16H13FO5S/c1-7(16(19)20)3-10(18)13-4-8-9-5-14(17)22-15(9)11(21-2)6-12(8)23-13/h4-7H,3H2,1-2H3,(H,19,20)/i2D3. The Morgan fingerprint density at radius 3 is 2.91 bits per heavy atom. The van der Waals surface area contributed by atoms with Crippen molar-refractivity contribution in [3.05, 3.63) is 29.1 Å². The average Bonchev–Trinajstić information content (AvgIpc) is 3.08. The molecule has 0 aliphatic carbocycles. The van der Waals surface area contributed by atoms with E-state index < -0.39 is 24.9 Å². The summed E-state index contributed by atoms with van der Waals surface area (Å²) < 4.78 is 45.6. The molecule has 0 fully saturated rings. The molecule has 1 aromatic carbocycles. The number of thiophene rings is 1. The van der Waals surface area contributed by atoms with Crippen molar-refractivity contribution in [1.82, 2.24) is 0 Å². The van der Waals surface area contributed by atoms with Crippen molar-refractivity contribution in [3.8, 4) is 5.75 Å². The number of carbonyl (C=O) groups is 2. The van der Waals surface area contributed by atoms with Gasteiger partial charge in [-0.3, -0.25) is 9.59 Å². The summed E-state index contributed by atoms with van der Waals surface area (Å²) in [6.07, 6.45) is -0.177. The van der Waals surface area contributed by atoms with Crippen LogP contribution in [0.2, 0.25) is 0 Å². The summed E-state index contributed by atoms with van der Waals surface area (Å²) in [5.74, 6) is -2.44. The largest absolute Gasteiger partial charge is 0.493 e. The maximum Gasteiger partial charge on any atom is 0.306 e. The van der Waals surface area contributed by atoms with Crippen LogP contribution in [0.15, 0.2) is 22.6 Å². The van der Waals surface area contributed by atoms with Gasteiger partial charge in [-0.15, -0.1) is 11.3 Å². The van der Waals surface area contributed by atoms with Crippen LogP contribution in [0.3, 0.4) is 0 Å². The predicted octanol–water partition coefficient (Wildman–Crippen LogP) is 4.09. The molecule has 2 aromatic heterocycles. The molecule has 0 amide bonds. The molecule has 0 bridgehead atoms. The highest BCUT2D eigenvalue weighted by atomic mass is 32.1. The second-order valence-electron chi connectivity index (χ2n) is 5.16. The lowest BCUT2D eigenvalue weighted by molar-refractivity contribution is -0.141. The van der Waals surface area contributed by atoms with Gasteiger partial charge in [-0.1, -0.05) is 6.92 Å². The predicted molar refractivity (Wildman–Crippen MR) is 83.9 cm³/mol. The first-order valence-corrected chi connectivity index (χ1v) is 7.47. The first kappa shape index (κ1) is 12.1. The molecule has 0 radical (unpaired) electrons. The minimum absolute atomic E-state index is 0.0678. The summed E-state index contributed by atoms with van der Waals surface area (Å²) in [6.45, 7) is 1.43. The van der Waals surface area contributed by atoms with Gasteiger partial charge in [0, 0.05) is 34.0 Å². The van der Waals surface area contributed by atoms with Crippen molar-refractivity contribution in [3.63, 3.8) is 0 Å². The smallest absolute Gasteiger partial charge is 0.306 e. The number of benzene rings is 1. The van der Waals surface area contributed by atoms with E-state index in [1.807, 2.05) is 0 Å². The number of ether oxygens (including phenoxy) is 1. The molecule has 0 aliphatic heterocycles. The summed E-state index contributed by atoms with van der Waals surface area (Å²) in [7, 11) is -2.75. The van der Waals surface area contributed by atoms with Gasteiger partial charge in [-0.25, -0.2) is 0 Å². The van der Waals surface area contributed by atoms with E-state index in [9.17, 15) is 14.0 Å². The van der Waals surface area contributed by atoms with Crippen LogP contribution in [0.5, 0.6) is 5.75 Å². The van der Waals surface area contributed by atoms with E-state index in [4.69, 9.17) is 18.4 Å². The van der Waals surface area contributed by atoms with E-state index in [2.05, 4.69) is 0 Å². The maximum atomic E-state index is 13.6. The fourth-order valence-corrected chi connectivity index (χ4v) is 3.39. The highest BCUT2D eigenvalue weighted by molar-refractivity contribution is 7.21. The number of rotatable bonds is 5. The molecule has 1 atom stereocenters. The first-order chi connectivity index (χ1) is 12.0. The third kappa shape index (κ3) is 2.68. The average molecular weight is 339 g/mol. The van der Waals surface area contributed by atoms with E-state index in [0.29, 0.717) is 15.0 Å². The Hall–Kier alpha value is -2.41. The molecule has 23 heavy (non-hydrogen) atoms. The molecule has 3 aromatic rings. The van der Waals surface area contributed by atoms with Gasteiger partial charge in [0.05, 0.1) is 21.9 Å². The number of hydrogen-bond acceptors (Lipinski definition) is 5. The fraction of sp³-hybridized carbons (Fsp3) is 0.250. The normalized spacial score (nSPS) is 15.1. The number of Topliss-reactive ketones (excluding diaryl/α,β-unsaturated/α-hetero) is 1. The third-order valence-corrected chi connectivity index (χ3v) is 4.66. The number of hydrogen-bond donors (Lipinski definition) is 1. The van der Waals surface area contributed by atoms with Crippen molar-refractivity contribution in [2.75, 3.05) is 7.04 Å². The highest BCUT2D eigenvalue weighted by Gasteiger charge is 2.21. The minimum atomic E-state index is -2.75. The van der Waals surface area contributed by atoms with Crippen LogP contribution in [0, 0.1) is 11.9 Å². The van der Waals surface area contributed by atoms with E-state index in [0.717, 1.165) is 17.4 Å². The molecule has 0 aliphatic rings. The Labute approximate surface area is 138 Å². The van der Waals surface area contributed by atoms with Crippen LogP contribution in [0.4, 0.5) is 4.39 Å². The van der Waals surface area contributed by atoms with Gasteiger partial charge in [0.15, 0.2) is 17.1 Å². The van der Waals surface area contributed by atoms with Crippen LogP contribution in [0.25, 0.3) is 21.1 Å². The Kier molecular flexibility index (Phi) is 2.97. The van der Waals surface area contributed by atoms with Crippen LogP contribution >= 0.6 is 11.3 Å². The fourth-order valence-electron chi connectivity index (χ4n) is 2.33. The van der Waals surface area contributed by atoms with E-state index in [1.165, 1.54) is 19.1 Å².